The van der Waals surface area contributed by atoms with Crippen molar-refractivity contribution in [1.82, 2.24) is 9.97 Å². The Morgan fingerprint density at radius 1 is 0.500 bits per heavy atom. The maximum atomic E-state index is 6.72. The maximum Gasteiger partial charge on any atom is 0.160 e. The zero-order valence-corrected chi connectivity index (χ0v) is 35.6. The summed E-state index contributed by atoms with van der Waals surface area (Å²) in [7, 11) is 0. The van der Waals surface area contributed by atoms with Crippen molar-refractivity contribution < 1.29 is 4.42 Å². The van der Waals surface area contributed by atoms with E-state index in [4.69, 9.17) is 14.4 Å². The lowest BCUT2D eigenvalue weighted by molar-refractivity contribution is 0.637. The minimum absolute atomic E-state index is 0.0645. The lowest BCUT2D eigenvalue weighted by Crippen LogP contribution is -2.16. The molecule has 1 aliphatic carbocycles. The van der Waals surface area contributed by atoms with Gasteiger partial charge in [-0.05, 0) is 74.2 Å². The number of thiophene rings is 1. The molecule has 0 amide bonds. The first kappa shape index (κ1) is 36.7. The van der Waals surface area contributed by atoms with Gasteiger partial charge >= 0.3 is 0 Å². The molecular formula is C58H42N2OS. The smallest absolute Gasteiger partial charge is 0.160 e. The predicted molar refractivity (Wildman–Crippen MR) is 259 cm³/mol. The first-order chi connectivity index (χ1) is 30.4. The third-order valence-electron chi connectivity index (χ3n) is 13.4. The number of fused-ring (bicyclic) bond motifs is 9. The monoisotopic (exact) mass is 814 g/mol. The lowest BCUT2D eigenvalue weighted by Gasteiger charge is -2.28. The molecule has 11 aromatic rings. The molecule has 0 bridgehead atoms. The number of hydrogen-bond donors (Lipinski definition) is 0. The summed E-state index contributed by atoms with van der Waals surface area (Å²) in [4.78, 5) is 10.4. The van der Waals surface area contributed by atoms with Crippen molar-refractivity contribution in [3.63, 3.8) is 0 Å². The highest BCUT2D eigenvalue weighted by Crippen LogP contribution is 2.51. The van der Waals surface area contributed by atoms with Gasteiger partial charge in [0.2, 0.25) is 0 Å². The van der Waals surface area contributed by atoms with Gasteiger partial charge in [0.1, 0.15) is 11.2 Å². The zero-order chi connectivity index (χ0) is 41.5. The van der Waals surface area contributed by atoms with Gasteiger partial charge in [-0.1, -0.05) is 191 Å². The number of benzene rings is 8. The van der Waals surface area contributed by atoms with Crippen LogP contribution in [0.15, 0.2) is 192 Å². The maximum absolute atomic E-state index is 6.72. The van der Waals surface area contributed by atoms with E-state index >= 15 is 0 Å². The molecule has 296 valence electrons. The third kappa shape index (κ3) is 5.78. The molecule has 3 heterocycles. The molecule has 0 spiro atoms. The van der Waals surface area contributed by atoms with Gasteiger partial charge in [-0.2, -0.15) is 0 Å². The van der Waals surface area contributed by atoms with Gasteiger partial charge in [0.15, 0.2) is 5.82 Å². The third-order valence-corrected chi connectivity index (χ3v) is 14.6. The normalized spacial score (nSPS) is 14.0. The first-order valence-electron chi connectivity index (χ1n) is 21.5. The summed E-state index contributed by atoms with van der Waals surface area (Å²) in [6, 6.07) is 68.0. The zero-order valence-electron chi connectivity index (χ0n) is 34.8. The Labute approximate surface area is 365 Å². The predicted octanol–water partition coefficient (Wildman–Crippen LogP) is 16.0. The summed E-state index contributed by atoms with van der Waals surface area (Å²) in [5, 5.41) is 3.41. The second-order valence-electron chi connectivity index (χ2n) is 17.3. The van der Waals surface area contributed by atoms with Crippen LogP contribution in [0.3, 0.4) is 0 Å². The van der Waals surface area contributed by atoms with Gasteiger partial charge < -0.3 is 4.42 Å². The Morgan fingerprint density at radius 2 is 1.19 bits per heavy atom. The molecule has 4 heteroatoms. The Balaban J connectivity index is 0.913. The highest BCUT2D eigenvalue weighted by Gasteiger charge is 2.36. The van der Waals surface area contributed by atoms with Crippen molar-refractivity contribution >= 4 is 53.6 Å². The fourth-order valence-corrected chi connectivity index (χ4v) is 11.4. The average molecular weight is 815 g/mol. The molecule has 8 aromatic carbocycles. The standard InChI is InChI=1S/C58H42N2OS/c1-35(52(37-15-6-4-7-16-37)41-30-31-44-43-19-10-12-22-47(43)58(2,3)48(44)33-41)40-29-32-45-50(34-40)61-49-23-14-21-42(53(45)49)36-25-27-39(28-26-36)57-59-54(38-17-8-5-9-18-38)56-55(60-57)46-20-11-13-24-51(46)62-56/h4-35,52H,1-3H3. The molecule has 0 fully saturated rings. The molecule has 62 heavy (non-hydrogen) atoms. The molecule has 3 aromatic heterocycles. The van der Waals surface area contributed by atoms with E-state index in [0.29, 0.717) is 0 Å². The second kappa shape index (κ2) is 14.2. The molecule has 0 aliphatic heterocycles. The quantitative estimate of drug-likeness (QED) is 0.161. The molecular weight excluding hydrogens is 773 g/mol. The van der Waals surface area contributed by atoms with Gasteiger partial charge in [0.25, 0.3) is 0 Å². The van der Waals surface area contributed by atoms with Crippen LogP contribution in [-0.4, -0.2) is 9.97 Å². The van der Waals surface area contributed by atoms with Crippen LogP contribution in [0, 0.1) is 0 Å². The molecule has 0 N–H and O–H groups in total. The van der Waals surface area contributed by atoms with Crippen LogP contribution in [0.1, 0.15) is 60.4 Å². The number of nitrogens with zero attached hydrogens (tertiary/aromatic N) is 2. The Hall–Kier alpha value is -7.14. The molecule has 12 rings (SSSR count). The Morgan fingerprint density at radius 3 is 2.03 bits per heavy atom. The number of furan rings is 1. The fraction of sp³-hybridized carbons (Fsp3) is 0.103. The molecule has 1 aliphatic rings. The summed E-state index contributed by atoms with van der Waals surface area (Å²) in [5.74, 6) is 1.06. The molecule has 0 saturated heterocycles. The van der Waals surface area contributed by atoms with Crippen molar-refractivity contribution in [2.75, 3.05) is 0 Å². The highest BCUT2D eigenvalue weighted by atomic mass is 32.1. The fourth-order valence-electron chi connectivity index (χ4n) is 10.2. The van der Waals surface area contributed by atoms with Gasteiger partial charge in [-0.3, -0.25) is 0 Å². The van der Waals surface area contributed by atoms with Crippen molar-refractivity contribution in [2.24, 2.45) is 0 Å². The Kier molecular flexibility index (Phi) is 8.42. The van der Waals surface area contributed by atoms with Crippen LogP contribution in [-0.2, 0) is 5.41 Å². The molecule has 3 nitrogen and oxygen atoms in total. The molecule has 0 saturated carbocycles. The van der Waals surface area contributed by atoms with Crippen LogP contribution in [0.25, 0.3) is 87.1 Å². The number of aromatic nitrogens is 2. The second-order valence-corrected chi connectivity index (χ2v) is 18.4. The highest BCUT2D eigenvalue weighted by molar-refractivity contribution is 7.26. The van der Waals surface area contributed by atoms with Crippen molar-refractivity contribution in [1.29, 1.82) is 0 Å². The van der Waals surface area contributed by atoms with Gasteiger partial charge in [-0.25, -0.2) is 9.97 Å². The van der Waals surface area contributed by atoms with Crippen LogP contribution in [0.5, 0.6) is 0 Å². The van der Waals surface area contributed by atoms with Crippen molar-refractivity contribution in [3.8, 4) is 44.9 Å². The summed E-state index contributed by atoms with van der Waals surface area (Å²) in [6.45, 7) is 7.10. The topological polar surface area (TPSA) is 38.9 Å². The summed E-state index contributed by atoms with van der Waals surface area (Å²) < 4.78 is 9.05. The van der Waals surface area contributed by atoms with Crippen LogP contribution >= 0.6 is 11.3 Å². The van der Waals surface area contributed by atoms with E-state index in [1.165, 1.54) is 43.6 Å². The van der Waals surface area contributed by atoms with E-state index in [9.17, 15) is 0 Å². The van der Waals surface area contributed by atoms with Crippen LogP contribution in [0.2, 0.25) is 0 Å². The Bertz CT molecular complexity index is 3510. The van der Waals surface area contributed by atoms with E-state index < -0.39 is 0 Å². The summed E-state index contributed by atoms with van der Waals surface area (Å²) in [5.41, 5.74) is 17.4. The first-order valence-corrected chi connectivity index (χ1v) is 22.3. The van der Waals surface area contributed by atoms with Gasteiger partial charge in [0.05, 0.1) is 15.9 Å². The molecule has 2 atom stereocenters. The van der Waals surface area contributed by atoms with Crippen LogP contribution < -0.4 is 0 Å². The van der Waals surface area contributed by atoms with Gasteiger partial charge in [-0.15, -0.1) is 11.3 Å². The largest absolute Gasteiger partial charge is 0.456 e. The van der Waals surface area contributed by atoms with Crippen molar-refractivity contribution in [2.45, 2.75) is 38.0 Å². The lowest BCUT2D eigenvalue weighted by atomic mass is 9.75. The molecule has 0 radical (unpaired) electrons. The van der Waals surface area contributed by atoms with E-state index in [0.717, 1.165) is 71.3 Å². The number of hydrogen-bond acceptors (Lipinski definition) is 4. The molecule has 2 unspecified atom stereocenters. The van der Waals surface area contributed by atoms with E-state index in [-0.39, 0.29) is 17.3 Å². The minimum atomic E-state index is -0.0645. The van der Waals surface area contributed by atoms with Crippen molar-refractivity contribution in [3.05, 3.63) is 216 Å². The minimum Gasteiger partial charge on any atom is -0.456 e. The average Bonchev–Trinajstić information content (AvgIpc) is 3.97. The summed E-state index contributed by atoms with van der Waals surface area (Å²) in [6.07, 6.45) is 0. The summed E-state index contributed by atoms with van der Waals surface area (Å²) >= 11 is 1.76. The SMILES string of the molecule is CC(c1ccc2c(c1)oc1cccc(-c3ccc(-c4nc(-c5ccccc5)c5sc6ccccc6c5n4)cc3)c12)C(c1ccccc1)c1ccc2c(c1)C(C)(C)c1ccccc1-2. The van der Waals surface area contributed by atoms with Gasteiger partial charge in [0, 0.05) is 43.3 Å². The number of rotatable bonds is 7. The van der Waals surface area contributed by atoms with E-state index in [2.05, 4.69) is 203 Å². The van der Waals surface area contributed by atoms with E-state index in [1.54, 1.807) is 11.3 Å². The van der Waals surface area contributed by atoms with E-state index in [1.807, 2.05) is 6.07 Å². The van der Waals surface area contributed by atoms with Crippen LogP contribution in [0.4, 0.5) is 0 Å².